The molecule has 0 radical (unpaired) electrons. The van der Waals surface area contributed by atoms with E-state index in [0.29, 0.717) is 6.42 Å². The van der Waals surface area contributed by atoms with Crippen LogP contribution in [0.4, 0.5) is 4.79 Å². The molecular weight excluding hydrogens is 258 g/mol. The number of nitrogens with one attached hydrogen (secondary N) is 1. The molecule has 0 fully saturated rings. The van der Waals surface area contributed by atoms with Crippen LogP contribution in [0.5, 0.6) is 11.5 Å². The lowest BCUT2D eigenvalue weighted by molar-refractivity contribution is 0.109. The highest BCUT2D eigenvalue weighted by atomic mass is 16.5. The van der Waals surface area contributed by atoms with E-state index in [0.717, 1.165) is 28.3 Å². The van der Waals surface area contributed by atoms with E-state index in [2.05, 4.69) is 10.5 Å². The van der Waals surface area contributed by atoms with Gasteiger partial charge in [0.2, 0.25) is 0 Å². The number of carbonyl (C=O) groups excluding carboxylic acids is 1. The van der Waals surface area contributed by atoms with Crippen LogP contribution in [0.1, 0.15) is 31.4 Å². The largest absolute Gasteiger partial charge is 0.496 e. The molecule has 20 heavy (non-hydrogen) atoms. The van der Waals surface area contributed by atoms with Gasteiger partial charge >= 0.3 is 6.03 Å². The first kappa shape index (κ1) is 14.2. The van der Waals surface area contributed by atoms with Crippen LogP contribution in [0, 0.1) is 6.92 Å². The van der Waals surface area contributed by atoms with Crippen molar-refractivity contribution >= 4 is 11.7 Å². The fourth-order valence-electron chi connectivity index (χ4n) is 2.29. The van der Waals surface area contributed by atoms with Gasteiger partial charge in [-0.3, -0.25) is 0 Å². The van der Waals surface area contributed by atoms with Crippen LogP contribution in [-0.2, 0) is 0 Å². The molecule has 0 aliphatic carbocycles. The third kappa shape index (κ3) is 2.68. The molecule has 1 heterocycles. The van der Waals surface area contributed by atoms with Crippen molar-refractivity contribution in [1.82, 2.24) is 5.43 Å². The summed E-state index contributed by atoms with van der Waals surface area (Å²) in [5.74, 6) is 1.48. The molecule has 0 saturated carbocycles. The van der Waals surface area contributed by atoms with Crippen LogP contribution in [0.25, 0.3) is 0 Å². The number of hydrazone groups is 1. The van der Waals surface area contributed by atoms with E-state index in [-0.39, 0.29) is 0 Å². The van der Waals surface area contributed by atoms with Gasteiger partial charge < -0.3 is 15.2 Å². The quantitative estimate of drug-likeness (QED) is 0.810. The minimum atomic E-state index is -0.686. The summed E-state index contributed by atoms with van der Waals surface area (Å²) in [7, 11) is 1.62. The Morgan fingerprint density at radius 2 is 2.20 bits per heavy atom. The number of fused-ring (bicyclic) bond motifs is 1. The minimum Gasteiger partial charge on any atom is -0.496 e. The van der Waals surface area contributed by atoms with Gasteiger partial charge in [0.05, 0.1) is 12.8 Å². The predicted molar refractivity (Wildman–Crippen MR) is 76.3 cm³/mol. The second kappa shape index (κ2) is 5.03. The lowest BCUT2D eigenvalue weighted by Gasteiger charge is -2.34. The number of benzene rings is 1. The maximum Gasteiger partial charge on any atom is 0.332 e. The van der Waals surface area contributed by atoms with E-state index < -0.39 is 11.6 Å². The molecule has 0 atom stereocenters. The van der Waals surface area contributed by atoms with Crippen LogP contribution in [-0.4, -0.2) is 24.5 Å². The Kier molecular flexibility index (Phi) is 3.57. The molecule has 1 aromatic rings. The minimum absolute atomic E-state index is 0.414. The number of methoxy groups -OCH3 is 1. The summed E-state index contributed by atoms with van der Waals surface area (Å²) in [5, 5.41) is 4.09. The van der Waals surface area contributed by atoms with Gasteiger partial charge in [0.15, 0.2) is 0 Å². The van der Waals surface area contributed by atoms with Crippen LogP contribution in [0.3, 0.4) is 0 Å². The van der Waals surface area contributed by atoms with Crippen molar-refractivity contribution in [2.75, 3.05) is 7.11 Å². The molecule has 0 aromatic heterocycles. The zero-order valence-corrected chi connectivity index (χ0v) is 12.1. The zero-order valence-electron chi connectivity index (χ0n) is 12.1. The number of urea groups is 1. The SMILES string of the molecule is COc1ccc2c(c1C)OC(C)(C)C/C2=N\NC(N)=O. The number of nitrogens with zero attached hydrogens (tertiary/aromatic N) is 1. The number of hydrogen-bond acceptors (Lipinski definition) is 4. The Balaban J connectivity index is 2.53. The van der Waals surface area contributed by atoms with Gasteiger partial charge in [0.1, 0.15) is 17.1 Å². The van der Waals surface area contributed by atoms with E-state index >= 15 is 0 Å². The fourth-order valence-corrected chi connectivity index (χ4v) is 2.29. The summed E-state index contributed by atoms with van der Waals surface area (Å²) >= 11 is 0. The molecule has 6 heteroatoms. The molecular formula is C14H19N3O3. The first-order chi connectivity index (χ1) is 9.34. The summed E-state index contributed by atoms with van der Waals surface area (Å²) < 4.78 is 11.3. The second-order valence-electron chi connectivity index (χ2n) is 5.34. The number of amides is 2. The van der Waals surface area contributed by atoms with Crippen LogP contribution < -0.4 is 20.6 Å². The van der Waals surface area contributed by atoms with Crippen molar-refractivity contribution < 1.29 is 14.3 Å². The molecule has 0 bridgehead atoms. The van der Waals surface area contributed by atoms with E-state index in [1.54, 1.807) is 7.11 Å². The van der Waals surface area contributed by atoms with E-state index in [1.807, 2.05) is 32.9 Å². The Hall–Kier alpha value is -2.24. The molecule has 0 unspecified atom stereocenters. The predicted octanol–water partition coefficient (Wildman–Crippen LogP) is 1.94. The molecule has 6 nitrogen and oxygen atoms in total. The van der Waals surface area contributed by atoms with Crippen LogP contribution in [0.2, 0.25) is 0 Å². The average Bonchev–Trinajstić information content (AvgIpc) is 2.36. The third-order valence-corrected chi connectivity index (χ3v) is 3.16. The Bertz CT molecular complexity index is 579. The summed E-state index contributed by atoms with van der Waals surface area (Å²) in [6, 6.07) is 3.04. The summed E-state index contributed by atoms with van der Waals surface area (Å²) in [6.07, 6.45) is 0.575. The highest BCUT2D eigenvalue weighted by molar-refractivity contribution is 6.05. The summed E-state index contributed by atoms with van der Waals surface area (Å²) in [5.41, 5.74) is 9.42. The number of rotatable bonds is 2. The second-order valence-corrected chi connectivity index (χ2v) is 5.34. The number of hydrogen-bond donors (Lipinski definition) is 2. The zero-order chi connectivity index (χ0) is 14.9. The van der Waals surface area contributed by atoms with Gasteiger partial charge in [-0.05, 0) is 32.9 Å². The number of nitrogens with two attached hydrogens (primary N) is 1. The van der Waals surface area contributed by atoms with Crippen molar-refractivity contribution in [3.63, 3.8) is 0 Å². The Labute approximate surface area is 117 Å². The monoisotopic (exact) mass is 277 g/mol. The summed E-state index contributed by atoms with van der Waals surface area (Å²) in [4.78, 5) is 10.8. The number of ether oxygens (including phenoxy) is 2. The number of primary amides is 1. The summed E-state index contributed by atoms with van der Waals surface area (Å²) in [6.45, 7) is 5.86. The standard InChI is InChI=1S/C14H19N3O3/c1-8-11(19-4)6-5-9-10(16-17-13(15)18)7-14(2,3)20-12(8)9/h5-6H,7H2,1-4H3,(H3,15,17,18)/b16-10+. The maximum atomic E-state index is 10.8. The normalized spacial score (nSPS) is 18.1. The van der Waals surface area contributed by atoms with E-state index in [1.165, 1.54) is 0 Å². The topological polar surface area (TPSA) is 85.9 Å². The molecule has 2 rings (SSSR count). The lowest BCUT2D eigenvalue weighted by Crippen LogP contribution is -2.38. The smallest absolute Gasteiger partial charge is 0.332 e. The van der Waals surface area contributed by atoms with Gasteiger partial charge in [-0.1, -0.05) is 0 Å². The Morgan fingerprint density at radius 3 is 2.80 bits per heavy atom. The molecule has 2 amide bonds. The van der Waals surface area contributed by atoms with Crippen molar-refractivity contribution in [3.05, 3.63) is 23.3 Å². The highest BCUT2D eigenvalue weighted by Gasteiger charge is 2.33. The number of carbonyl (C=O) groups is 1. The van der Waals surface area contributed by atoms with E-state index in [4.69, 9.17) is 15.2 Å². The molecule has 3 N–H and O–H groups in total. The van der Waals surface area contributed by atoms with Crippen molar-refractivity contribution in [1.29, 1.82) is 0 Å². The van der Waals surface area contributed by atoms with Crippen molar-refractivity contribution in [2.45, 2.75) is 32.8 Å². The first-order valence-electron chi connectivity index (χ1n) is 6.33. The van der Waals surface area contributed by atoms with Crippen molar-refractivity contribution in [3.8, 4) is 11.5 Å². The average molecular weight is 277 g/mol. The first-order valence-corrected chi connectivity index (χ1v) is 6.33. The molecule has 1 aliphatic heterocycles. The van der Waals surface area contributed by atoms with Gasteiger partial charge in [0.25, 0.3) is 0 Å². The van der Waals surface area contributed by atoms with Gasteiger partial charge in [0, 0.05) is 17.5 Å². The highest BCUT2D eigenvalue weighted by Crippen LogP contribution is 2.39. The van der Waals surface area contributed by atoms with Gasteiger partial charge in [-0.25, -0.2) is 10.2 Å². The molecule has 0 spiro atoms. The molecule has 0 saturated heterocycles. The van der Waals surface area contributed by atoms with Gasteiger partial charge in [-0.2, -0.15) is 5.10 Å². The van der Waals surface area contributed by atoms with Gasteiger partial charge in [-0.15, -0.1) is 0 Å². The molecule has 1 aliphatic rings. The Morgan fingerprint density at radius 1 is 1.50 bits per heavy atom. The molecule has 1 aromatic carbocycles. The third-order valence-electron chi connectivity index (χ3n) is 3.16. The van der Waals surface area contributed by atoms with E-state index in [9.17, 15) is 4.79 Å². The lowest BCUT2D eigenvalue weighted by atomic mass is 9.91. The fraction of sp³-hybridized carbons (Fsp3) is 0.429. The van der Waals surface area contributed by atoms with Crippen LogP contribution in [0.15, 0.2) is 17.2 Å². The van der Waals surface area contributed by atoms with Crippen molar-refractivity contribution in [2.24, 2.45) is 10.8 Å². The molecule has 108 valence electrons. The maximum absolute atomic E-state index is 10.8. The van der Waals surface area contributed by atoms with Crippen LogP contribution >= 0.6 is 0 Å².